The Morgan fingerprint density at radius 1 is 1.00 bits per heavy atom. The minimum absolute atomic E-state index is 0.0463. The van der Waals surface area contributed by atoms with E-state index in [1.165, 1.54) is 23.3 Å². The Morgan fingerprint density at radius 3 is 2.75 bits per heavy atom. The Bertz CT molecular complexity index is 610. The molecule has 0 spiro atoms. The minimum Gasteiger partial charge on any atom is -0.376 e. The van der Waals surface area contributed by atoms with Crippen molar-refractivity contribution in [1.29, 1.82) is 0 Å². The van der Waals surface area contributed by atoms with E-state index in [2.05, 4.69) is 17.4 Å². The van der Waals surface area contributed by atoms with Crippen molar-refractivity contribution in [3.05, 3.63) is 65.2 Å². The van der Waals surface area contributed by atoms with Gasteiger partial charge in [0.25, 0.3) is 0 Å². The van der Waals surface area contributed by atoms with E-state index in [1.54, 1.807) is 0 Å². The summed E-state index contributed by atoms with van der Waals surface area (Å²) in [5.74, 6) is -0.830. The number of hydrogen-bond acceptors (Lipinski definition) is 1. The molecule has 1 aliphatic rings. The Morgan fingerprint density at radius 2 is 1.85 bits per heavy atom. The first-order chi connectivity index (χ1) is 9.74. The molecule has 3 heteroatoms. The van der Waals surface area contributed by atoms with Gasteiger partial charge in [-0.05, 0) is 48.6 Å². The normalized spacial score (nSPS) is 18.2. The average Bonchev–Trinajstić information content (AvgIpc) is 2.66. The molecule has 1 N–H and O–H groups in total. The van der Waals surface area contributed by atoms with E-state index < -0.39 is 11.6 Å². The van der Waals surface area contributed by atoms with Gasteiger partial charge in [-0.3, -0.25) is 0 Å². The van der Waals surface area contributed by atoms with Crippen LogP contribution in [0.15, 0.2) is 42.5 Å². The number of anilines is 1. The quantitative estimate of drug-likeness (QED) is 0.772. The van der Waals surface area contributed by atoms with Gasteiger partial charge >= 0.3 is 0 Å². The van der Waals surface area contributed by atoms with Gasteiger partial charge in [-0.25, -0.2) is 8.78 Å². The van der Waals surface area contributed by atoms with Crippen LogP contribution in [0.25, 0.3) is 0 Å². The fourth-order valence-corrected chi connectivity index (χ4v) is 2.87. The number of halogens is 2. The van der Waals surface area contributed by atoms with E-state index in [0.717, 1.165) is 31.7 Å². The molecule has 2 aromatic carbocycles. The van der Waals surface area contributed by atoms with Gasteiger partial charge in [-0.15, -0.1) is 0 Å². The SMILES string of the molecule is Fc1ccc(F)c(NC2CCCCc3ccccc32)c1. The van der Waals surface area contributed by atoms with E-state index in [1.807, 2.05) is 12.1 Å². The van der Waals surface area contributed by atoms with Crippen molar-refractivity contribution < 1.29 is 8.78 Å². The smallest absolute Gasteiger partial charge is 0.146 e. The molecule has 0 bridgehead atoms. The Hall–Kier alpha value is -1.90. The summed E-state index contributed by atoms with van der Waals surface area (Å²) >= 11 is 0. The first kappa shape index (κ1) is 13.1. The van der Waals surface area contributed by atoms with Crippen molar-refractivity contribution in [3.8, 4) is 0 Å². The van der Waals surface area contributed by atoms with Crippen molar-refractivity contribution in [3.63, 3.8) is 0 Å². The summed E-state index contributed by atoms with van der Waals surface area (Å²) in [6.45, 7) is 0. The van der Waals surface area contributed by atoms with E-state index in [0.29, 0.717) is 0 Å². The van der Waals surface area contributed by atoms with Crippen molar-refractivity contribution >= 4 is 5.69 Å². The molecule has 0 amide bonds. The lowest BCUT2D eigenvalue weighted by Crippen LogP contribution is -2.12. The molecule has 2 aromatic rings. The second-order valence-electron chi connectivity index (χ2n) is 5.27. The maximum Gasteiger partial charge on any atom is 0.146 e. The van der Waals surface area contributed by atoms with Crippen LogP contribution in [0.3, 0.4) is 0 Å². The van der Waals surface area contributed by atoms with E-state index in [4.69, 9.17) is 0 Å². The highest BCUT2D eigenvalue weighted by Gasteiger charge is 2.19. The predicted octanol–water partition coefficient (Wildman–Crippen LogP) is 4.84. The van der Waals surface area contributed by atoms with Crippen molar-refractivity contribution in [2.75, 3.05) is 5.32 Å². The first-order valence-electron chi connectivity index (χ1n) is 7.03. The minimum atomic E-state index is -0.421. The maximum absolute atomic E-state index is 13.8. The third-order valence-corrected chi connectivity index (χ3v) is 3.88. The monoisotopic (exact) mass is 273 g/mol. The number of rotatable bonds is 2. The van der Waals surface area contributed by atoms with Gasteiger partial charge in [0.1, 0.15) is 11.6 Å². The summed E-state index contributed by atoms with van der Waals surface area (Å²) in [5.41, 5.74) is 2.75. The largest absolute Gasteiger partial charge is 0.376 e. The molecule has 0 heterocycles. The Labute approximate surface area is 117 Å². The summed E-state index contributed by atoms with van der Waals surface area (Å²) in [6, 6.07) is 11.8. The lowest BCUT2D eigenvalue weighted by Gasteiger charge is -2.21. The van der Waals surface area contributed by atoms with Crippen LogP contribution >= 0.6 is 0 Å². The molecule has 1 aliphatic carbocycles. The molecule has 0 saturated heterocycles. The van der Waals surface area contributed by atoms with Gasteiger partial charge in [0.15, 0.2) is 0 Å². The first-order valence-corrected chi connectivity index (χ1v) is 7.03. The molecule has 1 unspecified atom stereocenters. The van der Waals surface area contributed by atoms with Gasteiger partial charge in [0.05, 0.1) is 11.7 Å². The second kappa shape index (κ2) is 5.61. The average molecular weight is 273 g/mol. The van der Waals surface area contributed by atoms with Crippen molar-refractivity contribution in [1.82, 2.24) is 0 Å². The lowest BCUT2D eigenvalue weighted by atomic mass is 9.99. The molecule has 0 aromatic heterocycles. The van der Waals surface area contributed by atoms with Gasteiger partial charge in [0.2, 0.25) is 0 Å². The number of benzene rings is 2. The summed E-state index contributed by atoms with van der Waals surface area (Å²) in [5, 5.41) is 3.17. The number of aryl methyl sites for hydroxylation is 1. The zero-order chi connectivity index (χ0) is 13.9. The molecular formula is C17H17F2N. The Kier molecular flexibility index (Phi) is 3.68. The van der Waals surface area contributed by atoms with Gasteiger partial charge < -0.3 is 5.32 Å². The van der Waals surface area contributed by atoms with Crippen molar-refractivity contribution in [2.24, 2.45) is 0 Å². The van der Waals surface area contributed by atoms with Crippen LogP contribution in [0.5, 0.6) is 0 Å². The molecule has 20 heavy (non-hydrogen) atoms. The number of fused-ring (bicyclic) bond motifs is 1. The molecule has 0 fully saturated rings. The predicted molar refractivity (Wildman–Crippen MR) is 76.7 cm³/mol. The van der Waals surface area contributed by atoms with Crippen LogP contribution in [0.1, 0.15) is 36.4 Å². The molecular weight excluding hydrogens is 256 g/mol. The van der Waals surface area contributed by atoms with Crippen molar-refractivity contribution in [2.45, 2.75) is 31.7 Å². The molecule has 0 radical (unpaired) electrons. The van der Waals surface area contributed by atoms with Crippen LogP contribution in [-0.2, 0) is 6.42 Å². The lowest BCUT2D eigenvalue weighted by molar-refractivity contribution is 0.593. The molecule has 0 aliphatic heterocycles. The molecule has 0 saturated carbocycles. The summed E-state index contributed by atoms with van der Waals surface area (Å²) in [6.07, 6.45) is 4.22. The van der Waals surface area contributed by atoms with E-state index in [-0.39, 0.29) is 11.7 Å². The second-order valence-corrected chi connectivity index (χ2v) is 5.27. The fraction of sp³-hybridized carbons (Fsp3) is 0.294. The van der Waals surface area contributed by atoms with E-state index >= 15 is 0 Å². The molecule has 104 valence electrons. The third-order valence-electron chi connectivity index (χ3n) is 3.88. The molecule has 1 nitrogen and oxygen atoms in total. The van der Waals surface area contributed by atoms with Crippen LogP contribution in [0.4, 0.5) is 14.5 Å². The Balaban J connectivity index is 1.92. The molecule has 3 rings (SSSR count). The van der Waals surface area contributed by atoms with Crippen LogP contribution in [0.2, 0.25) is 0 Å². The standard InChI is InChI=1S/C17H17F2N/c18-13-9-10-15(19)17(11-13)20-16-8-4-2-6-12-5-1-3-7-14(12)16/h1,3,5,7,9-11,16,20H,2,4,6,8H2. The zero-order valence-electron chi connectivity index (χ0n) is 11.2. The topological polar surface area (TPSA) is 12.0 Å². The van der Waals surface area contributed by atoms with Crippen LogP contribution in [-0.4, -0.2) is 0 Å². The van der Waals surface area contributed by atoms with Crippen LogP contribution < -0.4 is 5.32 Å². The van der Waals surface area contributed by atoms with Crippen LogP contribution in [0, 0.1) is 11.6 Å². The zero-order valence-corrected chi connectivity index (χ0v) is 11.2. The van der Waals surface area contributed by atoms with Gasteiger partial charge in [-0.1, -0.05) is 30.7 Å². The highest BCUT2D eigenvalue weighted by Crippen LogP contribution is 2.32. The number of hydrogen-bond donors (Lipinski definition) is 1. The number of nitrogens with one attached hydrogen (secondary N) is 1. The third kappa shape index (κ3) is 2.67. The highest BCUT2D eigenvalue weighted by atomic mass is 19.1. The molecule has 1 atom stereocenters. The summed E-state index contributed by atoms with van der Waals surface area (Å²) in [4.78, 5) is 0. The summed E-state index contributed by atoms with van der Waals surface area (Å²) < 4.78 is 27.0. The highest BCUT2D eigenvalue weighted by molar-refractivity contribution is 5.48. The van der Waals surface area contributed by atoms with Gasteiger partial charge in [0, 0.05) is 0 Å². The fourth-order valence-electron chi connectivity index (χ4n) is 2.87. The maximum atomic E-state index is 13.8. The van der Waals surface area contributed by atoms with E-state index in [9.17, 15) is 8.78 Å². The summed E-state index contributed by atoms with van der Waals surface area (Å²) in [7, 11) is 0. The van der Waals surface area contributed by atoms with Gasteiger partial charge in [-0.2, -0.15) is 0 Å².